The summed E-state index contributed by atoms with van der Waals surface area (Å²) in [5, 5.41) is 0. The SMILES string of the molecule is CCCCCCOCc1cc(CN)ccc1F. The van der Waals surface area contributed by atoms with Gasteiger partial charge in [-0.2, -0.15) is 0 Å². The summed E-state index contributed by atoms with van der Waals surface area (Å²) in [4.78, 5) is 0. The largest absolute Gasteiger partial charge is 0.377 e. The van der Waals surface area contributed by atoms with Crippen molar-refractivity contribution < 1.29 is 9.13 Å². The maximum Gasteiger partial charge on any atom is 0.128 e. The van der Waals surface area contributed by atoms with Crippen molar-refractivity contribution in [3.8, 4) is 0 Å². The van der Waals surface area contributed by atoms with Crippen LogP contribution < -0.4 is 5.73 Å². The van der Waals surface area contributed by atoms with Crippen LogP contribution in [0.25, 0.3) is 0 Å². The minimum absolute atomic E-state index is 0.212. The van der Waals surface area contributed by atoms with Crippen LogP contribution in [0.2, 0.25) is 0 Å². The Morgan fingerprint density at radius 2 is 2.06 bits per heavy atom. The quantitative estimate of drug-likeness (QED) is 0.706. The third kappa shape index (κ3) is 5.29. The summed E-state index contributed by atoms with van der Waals surface area (Å²) in [6.07, 6.45) is 4.68. The minimum Gasteiger partial charge on any atom is -0.377 e. The van der Waals surface area contributed by atoms with Gasteiger partial charge >= 0.3 is 0 Å². The molecule has 0 radical (unpaired) electrons. The molecule has 0 aromatic heterocycles. The number of halogens is 1. The Hall–Kier alpha value is -0.930. The van der Waals surface area contributed by atoms with Crippen LogP contribution in [-0.4, -0.2) is 6.61 Å². The summed E-state index contributed by atoms with van der Waals surface area (Å²) in [5.41, 5.74) is 7.06. The Kier molecular flexibility index (Phi) is 6.82. The first-order chi connectivity index (χ1) is 8.27. The number of benzene rings is 1. The molecule has 0 bridgehead atoms. The molecule has 1 aromatic carbocycles. The number of ether oxygens (including phenoxy) is 1. The van der Waals surface area contributed by atoms with E-state index in [0.717, 1.165) is 12.0 Å². The van der Waals surface area contributed by atoms with Gasteiger partial charge in [-0.15, -0.1) is 0 Å². The van der Waals surface area contributed by atoms with E-state index in [1.54, 1.807) is 12.1 Å². The van der Waals surface area contributed by atoms with Crippen molar-refractivity contribution in [1.29, 1.82) is 0 Å². The fourth-order valence-corrected chi connectivity index (χ4v) is 1.68. The van der Waals surface area contributed by atoms with Crippen LogP contribution in [0.4, 0.5) is 4.39 Å². The molecule has 1 aromatic rings. The molecule has 2 N–H and O–H groups in total. The fraction of sp³-hybridized carbons (Fsp3) is 0.571. The second-order valence-electron chi connectivity index (χ2n) is 4.24. The highest BCUT2D eigenvalue weighted by molar-refractivity contribution is 5.24. The van der Waals surface area contributed by atoms with Crippen LogP contribution in [0.1, 0.15) is 43.7 Å². The van der Waals surface area contributed by atoms with E-state index in [1.165, 1.54) is 25.3 Å². The van der Waals surface area contributed by atoms with Gasteiger partial charge in [-0.3, -0.25) is 0 Å². The molecule has 0 fully saturated rings. The van der Waals surface area contributed by atoms with Crippen LogP contribution in [0.5, 0.6) is 0 Å². The molecule has 0 amide bonds. The highest BCUT2D eigenvalue weighted by Crippen LogP contribution is 2.12. The van der Waals surface area contributed by atoms with Crippen molar-refractivity contribution in [2.24, 2.45) is 5.73 Å². The van der Waals surface area contributed by atoms with Gasteiger partial charge in [0.1, 0.15) is 5.82 Å². The predicted molar refractivity (Wildman–Crippen MR) is 68.1 cm³/mol. The Morgan fingerprint density at radius 3 is 2.76 bits per heavy atom. The normalized spacial score (nSPS) is 10.8. The van der Waals surface area contributed by atoms with Crippen molar-refractivity contribution in [1.82, 2.24) is 0 Å². The third-order valence-corrected chi connectivity index (χ3v) is 2.75. The van der Waals surface area contributed by atoms with Gasteiger partial charge in [0, 0.05) is 18.7 Å². The van der Waals surface area contributed by atoms with Gasteiger partial charge in [-0.1, -0.05) is 32.3 Å². The smallest absolute Gasteiger partial charge is 0.128 e. The molecule has 0 aliphatic rings. The second kappa shape index (κ2) is 8.20. The minimum atomic E-state index is -0.212. The maximum absolute atomic E-state index is 13.4. The van der Waals surface area contributed by atoms with Crippen molar-refractivity contribution in [3.05, 3.63) is 35.1 Å². The first kappa shape index (κ1) is 14.1. The predicted octanol–water partition coefficient (Wildman–Crippen LogP) is 3.38. The lowest BCUT2D eigenvalue weighted by molar-refractivity contribution is 0.114. The van der Waals surface area contributed by atoms with Gasteiger partial charge < -0.3 is 10.5 Å². The molecule has 0 spiro atoms. The Labute approximate surface area is 103 Å². The second-order valence-corrected chi connectivity index (χ2v) is 4.24. The molecule has 1 rings (SSSR count). The summed E-state index contributed by atoms with van der Waals surface area (Å²) in [5.74, 6) is -0.212. The zero-order chi connectivity index (χ0) is 12.5. The third-order valence-electron chi connectivity index (χ3n) is 2.75. The monoisotopic (exact) mass is 239 g/mol. The van der Waals surface area contributed by atoms with E-state index in [2.05, 4.69) is 6.92 Å². The molecule has 0 saturated carbocycles. The van der Waals surface area contributed by atoms with Crippen LogP contribution >= 0.6 is 0 Å². The van der Waals surface area contributed by atoms with Gasteiger partial charge in [-0.25, -0.2) is 4.39 Å². The summed E-state index contributed by atoms with van der Waals surface area (Å²) >= 11 is 0. The molecule has 0 saturated heterocycles. The molecule has 17 heavy (non-hydrogen) atoms. The van der Waals surface area contributed by atoms with Gasteiger partial charge in [0.2, 0.25) is 0 Å². The van der Waals surface area contributed by atoms with Crippen molar-refractivity contribution in [3.63, 3.8) is 0 Å². The molecule has 0 unspecified atom stereocenters. The Balaban J connectivity index is 2.30. The van der Waals surface area contributed by atoms with E-state index >= 15 is 0 Å². The van der Waals surface area contributed by atoms with Gasteiger partial charge in [0.05, 0.1) is 6.61 Å². The van der Waals surface area contributed by atoms with Crippen molar-refractivity contribution in [2.75, 3.05) is 6.61 Å². The highest BCUT2D eigenvalue weighted by atomic mass is 19.1. The lowest BCUT2D eigenvalue weighted by atomic mass is 10.1. The topological polar surface area (TPSA) is 35.2 Å². The first-order valence-electron chi connectivity index (χ1n) is 6.33. The number of nitrogens with two attached hydrogens (primary N) is 1. The molecule has 3 heteroatoms. The van der Waals surface area contributed by atoms with E-state index in [9.17, 15) is 4.39 Å². The zero-order valence-electron chi connectivity index (χ0n) is 10.5. The van der Waals surface area contributed by atoms with E-state index in [0.29, 0.717) is 25.3 Å². The lowest BCUT2D eigenvalue weighted by Gasteiger charge is -2.07. The van der Waals surface area contributed by atoms with E-state index in [1.807, 2.05) is 0 Å². The molecule has 0 heterocycles. The lowest BCUT2D eigenvalue weighted by Crippen LogP contribution is -2.02. The molecule has 96 valence electrons. The number of hydrogen-bond acceptors (Lipinski definition) is 2. The van der Waals surface area contributed by atoms with Crippen LogP contribution in [0.3, 0.4) is 0 Å². The summed E-state index contributed by atoms with van der Waals surface area (Å²) in [6.45, 7) is 3.65. The van der Waals surface area contributed by atoms with E-state index < -0.39 is 0 Å². The van der Waals surface area contributed by atoms with Crippen molar-refractivity contribution >= 4 is 0 Å². The molecule has 0 atom stereocenters. The molecule has 0 aliphatic carbocycles. The Bertz CT molecular complexity index is 328. The fourth-order valence-electron chi connectivity index (χ4n) is 1.68. The van der Waals surface area contributed by atoms with E-state index in [-0.39, 0.29) is 5.82 Å². The summed E-state index contributed by atoms with van der Waals surface area (Å²) in [6, 6.07) is 4.94. The van der Waals surface area contributed by atoms with Crippen LogP contribution in [-0.2, 0) is 17.9 Å². The molecular weight excluding hydrogens is 217 g/mol. The molecule has 0 aliphatic heterocycles. The van der Waals surface area contributed by atoms with Crippen molar-refractivity contribution in [2.45, 2.75) is 45.8 Å². The van der Waals surface area contributed by atoms with Crippen LogP contribution in [0.15, 0.2) is 18.2 Å². The van der Waals surface area contributed by atoms with Gasteiger partial charge in [0.15, 0.2) is 0 Å². The molecular formula is C14H22FNO. The number of unbranched alkanes of at least 4 members (excludes halogenated alkanes) is 3. The summed E-state index contributed by atoms with van der Waals surface area (Å²) in [7, 11) is 0. The van der Waals surface area contributed by atoms with Gasteiger partial charge in [-0.05, 0) is 24.1 Å². The first-order valence-corrected chi connectivity index (χ1v) is 6.33. The number of hydrogen-bond donors (Lipinski definition) is 1. The number of rotatable bonds is 8. The van der Waals surface area contributed by atoms with E-state index in [4.69, 9.17) is 10.5 Å². The average Bonchev–Trinajstić information content (AvgIpc) is 2.35. The maximum atomic E-state index is 13.4. The average molecular weight is 239 g/mol. The highest BCUT2D eigenvalue weighted by Gasteiger charge is 2.03. The van der Waals surface area contributed by atoms with Crippen LogP contribution in [0, 0.1) is 5.82 Å². The van der Waals surface area contributed by atoms with Gasteiger partial charge in [0.25, 0.3) is 0 Å². The zero-order valence-corrected chi connectivity index (χ0v) is 10.5. The standard InChI is InChI=1S/C14H22FNO/c1-2-3-4-5-8-17-11-13-9-12(10-16)6-7-14(13)15/h6-7,9H,2-5,8,10-11,16H2,1H3. The molecule has 2 nitrogen and oxygen atoms in total. The summed E-state index contributed by atoms with van der Waals surface area (Å²) < 4.78 is 18.9. The Morgan fingerprint density at radius 1 is 1.24 bits per heavy atom.